The number of ether oxygens (including phenoxy) is 1. The smallest absolute Gasteiger partial charge is 0.162 e. The SMILES string of the molecule is COC[C@H](c1ccccn1)N(C)Cc1cnc2c(-c3ccccc3)cnn2c1. The molecule has 3 aromatic heterocycles. The van der Waals surface area contributed by atoms with Gasteiger partial charge in [-0.05, 0) is 24.7 Å². The summed E-state index contributed by atoms with van der Waals surface area (Å²) in [5.41, 5.74) is 5.08. The van der Waals surface area contributed by atoms with Crippen molar-refractivity contribution in [3.05, 3.63) is 84.6 Å². The van der Waals surface area contributed by atoms with E-state index >= 15 is 0 Å². The van der Waals surface area contributed by atoms with Gasteiger partial charge < -0.3 is 4.74 Å². The van der Waals surface area contributed by atoms with Gasteiger partial charge in [-0.15, -0.1) is 0 Å². The highest BCUT2D eigenvalue weighted by Gasteiger charge is 2.19. The Hall–Kier alpha value is -3.09. The Balaban J connectivity index is 1.57. The van der Waals surface area contributed by atoms with E-state index in [1.165, 1.54) is 0 Å². The van der Waals surface area contributed by atoms with Crippen molar-refractivity contribution in [1.82, 2.24) is 24.5 Å². The summed E-state index contributed by atoms with van der Waals surface area (Å²) in [5.74, 6) is 0. The van der Waals surface area contributed by atoms with Gasteiger partial charge in [-0.1, -0.05) is 36.4 Å². The van der Waals surface area contributed by atoms with Crippen molar-refractivity contribution < 1.29 is 4.74 Å². The third kappa shape index (κ3) is 3.78. The van der Waals surface area contributed by atoms with Gasteiger partial charge in [0, 0.05) is 43.4 Å². The van der Waals surface area contributed by atoms with E-state index in [0.29, 0.717) is 13.2 Å². The Labute approximate surface area is 164 Å². The second-order valence-corrected chi connectivity index (χ2v) is 6.80. The van der Waals surface area contributed by atoms with Gasteiger partial charge in [0.15, 0.2) is 5.65 Å². The lowest BCUT2D eigenvalue weighted by Gasteiger charge is -2.27. The fourth-order valence-electron chi connectivity index (χ4n) is 3.38. The summed E-state index contributed by atoms with van der Waals surface area (Å²) in [6, 6.07) is 16.2. The predicted octanol–water partition coefficient (Wildman–Crippen LogP) is 3.61. The molecular formula is C22H23N5O. The fourth-order valence-corrected chi connectivity index (χ4v) is 3.38. The van der Waals surface area contributed by atoms with Crippen molar-refractivity contribution >= 4 is 5.65 Å². The molecule has 3 heterocycles. The van der Waals surface area contributed by atoms with Crippen LogP contribution >= 0.6 is 0 Å². The molecule has 4 aromatic rings. The van der Waals surface area contributed by atoms with E-state index in [9.17, 15) is 0 Å². The molecule has 28 heavy (non-hydrogen) atoms. The summed E-state index contributed by atoms with van der Waals surface area (Å²) >= 11 is 0. The quantitative estimate of drug-likeness (QED) is 0.495. The average Bonchev–Trinajstić information content (AvgIpc) is 3.16. The summed E-state index contributed by atoms with van der Waals surface area (Å²) in [6.07, 6.45) is 7.64. The number of rotatable bonds is 7. The maximum atomic E-state index is 5.42. The minimum atomic E-state index is 0.0689. The summed E-state index contributed by atoms with van der Waals surface area (Å²) in [4.78, 5) is 11.4. The second kappa shape index (κ2) is 8.29. The largest absolute Gasteiger partial charge is 0.383 e. The molecule has 0 spiro atoms. The molecule has 1 aromatic carbocycles. The number of nitrogens with zero attached hydrogens (tertiary/aromatic N) is 5. The van der Waals surface area contributed by atoms with Crippen LogP contribution in [-0.4, -0.2) is 45.2 Å². The molecule has 0 aliphatic heterocycles. The molecule has 0 saturated heterocycles. The first kappa shape index (κ1) is 18.3. The first-order valence-electron chi connectivity index (χ1n) is 9.24. The lowest BCUT2D eigenvalue weighted by atomic mass is 10.1. The lowest BCUT2D eigenvalue weighted by Crippen LogP contribution is -2.28. The molecule has 0 saturated carbocycles. The van der Waals surface area contributed by atoms with Crippen LogP contribution < -0.4 is 0 Å². The zero-order valence-electron chi connectivity index (χ0n) is 16.1. The number of pyridine rings is 1. The highest BCUT2D eigenvalue weighted by atomic mass is 16.5. The van der Waals surface area contributed by atoms with E-state index < -0.39 is 0 Å². The third-order valence-corrected chi connectivity index (χ3v) is 4.81. The summed E-state index contributed by atoms with van der Waals surface area (Å²) < 4.78 is 7.27. The van der Waals surface area contributed by atoms with Crippen LogP contribution in [0.2, 0.25) is 0 Å². The van der Waals surface area contributed by atoms with Crippen LogP contribution in [0.4, 0.5) is 0 Å². The summed E-state index contributed by atoms with van der Waals surface area (Å²) in [6.45, 7) is 1.29. The minimum Gasteiger partial charge on any atom is -0.383 e. The number of hydrogen-bond donors (Lipinski definition) is 0. The maximum absolute atomic E-state index is 5.42. The lowest BCUT2D eigenvalue weighted by molar-refractivity contribution is 0.0998. The van der Waals surface area contributed by atoms with Gasteiger partial charge in [0.1, 0.15) is 0 Å². The van der Waals surface area contributed by atoms with Crippen LogP contribution in [-0.2, 0) is 11.3 Å². The fraction of sp³-hybridized carbons (Fsp3) is 0.227. The third-order valence-electron chi connectivity index (χ3n) is 4.81. The van der Waals surface area contributed by atoms with Gasteiger partial charge in [0.2, 0.25) is 0 Å². The Kier molecular flexibility index (Phi) is 5.41. The maximum Gasteiger partial charge on any atom is 0.162 e. The van der Waals surface area contributed by atoms with Crippen LogP contribution in [0.15, 0.2) is 73.3 Å². The molecule has 0 aliphatic rings. The molecule has 6 nitrogen and oxygen atoms in total. The molecule has 0 radical (unpaired) electrons. The normalized spacial score (nSPS) is 12.5. The van der Waals surface area contributed by atoms with E-state index in [1.807, 2.05) is 65.7 Å². The minimum absolute atomic E-state index is 0.0689. The standard InChI is InChI=1S/C22H23N5O/c1-26(21(16-28-2)20-10-6-7-11-23-20)14-17-12-24-22-19(13-25-27(22)15-17)18-8-4-3-5-9-18/h3-13,15,21H,14,16H2,1-2H3/t21-/m1/s1. The highest BCUT2D eigenvalue weighted by Crippen LogP contribution is 2.24. The van der Waals surface area contributed by atoms with Crippen molar-refractivity contribution in [1.29, 1.82) is 0 Å². The Morgan fingerprint density at radius 3 is 2.61 bits per heavy atom. The van der Waals surface area contributed by atoms with E-state index in [0.717, 1.165) is 28.0 Å². The van der Waals surface area contributed by atoms with Crippen LogP contribution in [0.1, 0.15) is 17.3 Å². The zero-order chi connectivity index (χ0) is 19.3. The molecule has 0 bridgehead atoms. The second-order valence-electron chi connectivity index (χ2n) is 6.80. The number of likely N-dealkylation sites (N-methyl/N-ethyl adjacent to an activating group) is 1. The number of fused-ring (bicyclic) bond motifs is 1. The van der Waals surface area contributed by atoms with Crippen molar-refractivity contribution in [2.45, 2.75) is 12.6 Å². The predicted molar refractivity (Wildman–Crippen MR) is 109 cm³/mol. The summed E-state index contributed by atoms with van der Waals surface area (Å²) in [7, 11) is 3.79. The van der Waals surface area contributed by atoms with E-state index in [2.05, 4.69) is 39.1 Å². The number of methoxy groups -OCH3 is 1. The van der Waals surface area contributed by atoms with Crippen LogP contribution in [0.3, 0.4) is 0 Å². The van der Waals surface area contributed by atoms with Crippen LogP contribution in [0, 0.1) is 0 Å². The molecule has 142 valence electrons. The van der Waals surface area contributed by atoms with Crippen LogP contribution in [0.25, 0.3) is 16.8 Å². The Morgan fingerprint density at radius 1 is 1.04 bits per heavy atom. The van der Waals surface area contributed by atoms with Gasteiger partial charge in [-0.25, -0.2) is 9.50 Å². The Morgan fingerprint density at radius 2 is 1.86 bits per heavy atom. The van der Waals surface area contributed by atoms with Crippen LogP contribution in [0.5, 0.6) is 0 Å². The number of aromatic nitrogens is 4. The molecule has 0 fully saturated rings. The van der Waals surface area contributed by atoms with E-state index in [4.69, 9.17) is 4.74 Å². The molecule has 6 heteroatoms. The van der Waals surface area contributed by atoms with Gasteiger partial charge >= 0.3 is 0 Å². The van der Waals surface area contributed by atoms with Crippen molar-refractivity contribution in [2.24, 2.45) is 0 Å². The number of benzene rings is 1. The summed E-state index contributed by atoms with van der Waals surface area (Å²) in [5, 5.41) is 4.50. The molecule has 0 unspecified atom stereocenters. The molecule has 0 amide bonds. The van der Waals surface area contributed by atoms with Gasteiger partial charge in [0.25, 0.3) is 0 Å². The first-order valence-corrected chi connectivity index (χ1v) is 9.24. The molecule has 0 aliphatic carbocycles. The van der Waals surface area contributed by atoms with E-state index in [-0.39, 0.29) is 6.04 Å². The van der Waals surface area contributed by atoms with Gasteiger partial charge in [-0.3, -0.25) is 9.88 Å². The van der Waals surface area contributed by atoms with Crippen molar-refractivity contribution in [2.75, 3.05) is 20.8 Å². The van der Waals surface area contributed by atoms with Gasteiger partial charge in [-0.2, -0.15) is 5.10 Å². The molecular weight excluding hydrogens is 350 g/mol. The van der Waals surface area contributed by atoms with Gasteiger partial charge in [0.05, 0.1) is 24.5 Å². The topological polar surface area (TPSA) is 55.5 Å². The van der Waals surface area contributed by atoms with Crippen molar-refractivity contribution in [3.8, 4) is 11.1 Å². The van der Waals surface area contributed by atoms with E-state index in [1.54, 1.807) is 7.11 Å². The Bertz CT molecular complexity index is 1030. The highest BCUT2D eigenvalue weighted by molar-refractivity contribution is 5.76. The molecule has 1 atom stereocenters. The van der Waals surface area contributed by atoms with Crippen molar-refractivity contribution in [3.63, 3.8) is 0 Å². The molecule has 0 N–H and O–H groups in total. The number of hydrogen-bond acceptors (Lipinski definition) is 5. The first-order chi connectivity index (χ1) is 13.8. The average molecular weight is 373 g/mol. The molecule has 4 rings (SSSR count). The zero-order valence-corrected chi connectivity index (χ0v) is 16.1. The monoisotopic (exact) mass is 373 g/mol.